The third-order valence-electron chi connectivity index (χ3n) is 7.49. The lowest BCUT2D eigenvalue weighted by molar-refractivity contribution is 0.282. The van der Waals surface area contributed by atoms with Crippen molar-refractivity contribution < 1.29 is 24.8 Å². The van der Waals surface area contributed by atoms with Gasteiger partial charge in [0.2, 0.25) is 0 Å². The fourth-order valence-electron chi connectivity index (χ4n) is 4.66. The maximum Gasteiger partial charge on any atom is 0.130 e. The number of hydrogen-bond acceptors (Lipinski definition) is 5. The molecule has 6 heteroatoms. The molecule has 0 saturated heterocycles. The first-order valence-corrected chi connectivity index (χ1v) is 16.3. The molecule has 0 aliphatic carbocycles. The van der Waals surface area contributed by atoms with E-state index in [1.54, 1.807) is 66.7 Å². The van der Waals surface area contributed by atoms with Crippen molar-refractivity contribution in [3.05, 3.63) is 190 Å². The minimum absolute atomic E-state index is 0.0235. The molecule has 0 aliphatic heterocycles. The molecule has 0 heterocycles. The van der Waals surface area contributed by atoms with Crippen molar-refractivity contribution in [2.24, 2.45) is 0 Å². The first kappa shape index (κ1) is 37.4. The standard InChI is InChI=1S/C16H17N.C15H13FO.C14H12O3/c1-17(2)16-12-10-15(11-13-16)9-8-14-6-4-3-5-7-14;16-15-4-2-1-3-14(15)10-9-12-5-7-13(11-17)8-6-12;15-12-5-3-10(4-6-12)1-2-11-7-13(16)9-14(17)8-11/h3-13H,1-2H3;1-10,17H,11H2;1-9,15-17H/b9-8+;10-9+;2-1+. The molecule has 5 nitrogen and oxygen atoms in total. The highest BCUT2D eigenvalue weighted by molar-refractivity contribution is 5.72. The number of aliphatic hydroxyl groups is 1. The van der Waals surface area contributed by atoms with E-state index in [1.165, 1.54) is 28.9 Å². The van der Waals surface area contributed by atoms with Gasteiger partial charge in [-0.15, -0.1) is 0 Å². The normalized spacial score (nSPS) is 10.8. The van der Waals surface area contributed by atoms with Crippen molar-refractivity contribution in [1.29, 1.82) is 0 Å². The van der Waals surface area contributed by atoms with E-state index in [2.05, 4.69) is 79.7 Å². The molecular weight excluding hydrogens is 637 g/mol. The number of nitrogens with zero attached hydrogens (tertiary/aromatic N) is 1. The van der Waals surface area contributed by atoms with Crippen LogP contribution in [0.15, 0.2) is 146 Å². The van der Waals surface area contributed by atoms with Crippen LogP contribution in [0.4, 0.5) is 10.1 Å². The van der Waals surface area contributed by atoms with Crippen LogP contribution in [0.5, 0.6) is 17.2 Å². The van der Waals surface area contributed by atoms with Gasteiger partial charge in [-0.05, 0) is 75.8 Å². The largest absolute Gasteiger partial charge is 0.508 e. The van der Waals surface area contributed by atoms with Crippen LogP contribution in [-0.4, -0.2) is 34.5 Å². The maximum absolute atomic E-state index is 13.3. The molecule has 0 fully saturated rings. The molecule has 6 aromatic rings. The average molecular weight is 680 g/mol. The Kier molecular flexibility index (Phi) is 14.4. The molecule has 0 aliphatic rings. The summed E-state index contributed by atoms with van der Waals surface area (Å²) in [7, 11) is 4.10. The van der Waals surface area contributed by atoms with Gasteiger partial charge in [0.1, 0.15) is 23.1 Å². The maximum atomic E-state index is 13.3. The molecule has 51 heavy (non-hydrogen) atoms. The van der Waals surface area contributed by atoms with Crippen LogP contribution in [0.1, 0.15) is 38.9 Å². The number of halogens is 1. The highest BCUT2D eigenvalue weighted by Gasteiger charge is 1.98. The molecule has 4 N–H and O–H groups in total. The molecule has 0 atom stereocenters. The second-order valence-corrected chi connectivity index (χ2v) is 11.7. The van der Waals surface area contributed by atoms with Crippen LogP contribution in [0.25, 0.3) is 36.5 Å². The highest BCUT2D eigenvalue weighted by atomic mass is 19.1. The third-order valence-corrected chi connectivity index (χ3v) is 7.49. The monoisotopic (exact) mass is 679 g/mol. The van der Waals surface area contributed by atoms with E-state index in [1.807, 2.05) is 42.5 Å². The van der Waals surface area contributed by atoms with E-state index in [-0.39, 0.29) is 29.7 Å². The van der Waals surface area contributed by atoms with Crippen LogP contribution in [0, 0.1) is 5.82 Å². The molecule has 0 unspecified atom stereocenters. The Morgan fingerprint density at radius 2 is 0.922 bits per heavy atom. The van der Waals surface area contributed by atoms with Gasteiger partial charge < -0.3 is 25.3 Å². The molecule has 258 valence electrons. The van der Waals surface area contributed by atoms with Crippen molar-refractivity contribution >= 4 is 42.1 Å². The summed E-state index contributed by atoms with van der Waals surface area (Å²) < 4.78 is 13.3. The first-order chi connectivity index (χ1) is 24.7. The lowest BCUT2D eigenvalue weighted by atomic mass is 10.1. The average Bonchev–Trinajstić information content (AvgIpc) is 3.14. The highest BCUT2D eigenvalue weighted by Crippen LogP contribution is 2.22. The SMILES string of the molecule is CN(C)c1ccc(/C=C/c2ccccc2)cc1.OCc1ccc(/C=C/c2ccccc2F)cc1.Oc1ccc(/C=C/c2cc(O)cc(O)c2)cc1. The van der Waals surface area contributed by atoms with E-state index < -0.39 is 0 Å². The van der Waals surface area contributed by atoms with Crippen molar-refractivity contribution in [3.8, 4) is 17.2 Å². The van der Waals surface area contributed by atoms with Gasteiger partial charge in [-0.25, -0.2) is 4.39 Å². The van der Waals surface area contributed by atoms with Crippen LogP contribution >= 0.6 is 0 Å². The number of hydrogen-bond donors (Lipinski definition) is 4. The summed E-state index contributed by atoms with van der Waals surface area (Å²) in [6, 6.07) is 44.1. The van der Waals surface area contributed by atoms with Crippen LogP contribution < -0.4 is 4.90 Å². The second kappa shape index (κ2) is 19.6. The summed E-state index contributed by atoms with van der Waals surface area (Å²) in [6.07, 6.45) is 11.4. The predicted molar refractivity (Wildman–Crippen MR) is 211 cm³/mol. The number of aromatic hydroxyl groups is 3. The Balaban J connectivity index is 0.000000172. The number of aliphatic hydroxyl groups excluding tert-OH is 1. The van der Waals surface area contributed by atoms with Crippen molar-refractivity contribution in [2.45, 2.75) is 6.61 Å². The van der Waals surface area contributed by atoms with E-state index in [0.717, 1.165) is 16.7 Å². The van der Waals surface area contributed by atoms with Crippen molar-refractivity contribution in [3.63, 3.8) is 0 Å². The topological polar surface area (TPSA) is 84.2 Å². The minimum atomic E-state index is -0.226. The van der Waals surface area contributed by atoms with Gasteiger partial charge in [-0.3, -0.25) is 0 Å². The summed E-state index contributed by atoms with van der Waals surface area (Å²) in [5.74, 6) is 0.0404. The Hall–Kier alpha value is -6.37. The van der Waals surface area contributed by atoms with Crippen molar-refractivity contribution in [2.75, 3.05) is 19.0 Å². The zero-order valence-corrected chi connectivity index (χ0v) is 28.6. The fourth-order valence-corrected chi connectivity index (χ4v) is 4.66. The Bertz CT molecular complexity index is 2000. The second-order valence-electron chi connectivity index (χ2n) is 11.7. The molecule has 0 spiro atoms. The van der Waals surface area contributed by atoms with Gasteiger partial charge in [-0.2, -0.15) is 0 Å². The Morgan fingerprint density at radius 3 is 1.45 bits per heavy atom. The van der Waals surface area contributed by atoms with Gasteiger partial charge in [0, 0.05) is 31.4 Å². The van der Waals surface area contributed by atoms with Gasteiger partial charge in [-0.1, -0.05) is 134 Å². The fraction of sp³-hybridized carbons (Fsp3) is 0.0667. The molecule has 0 bridgehead atoms. The third kappa shape index (κ3) is 13.2. The molecule has 0 amide bonds. The minimum Gasteiger partial charge on any atom is -0.508 e. The summed E-state index contributed by atoms with van der Waals surface area (Å²) >= 11 is 0. The number of rotatable bonds is 8. The van der Waals surface area contributed by atoms with Crippen LogP contribution in [-0.2, 0) is 6.61 Å². The summed E-state index contributed by atoms with van der Waals surface area (Å²) in [6.45, 7) is 0.0390. The van der Waals surface area contributed by atoms with Gasteiger partial charge in [0.15, 0.2) is 0 Å². The van der Waals surface area contributed by atoms with E-state index in [0.29, 0.717) is 11.1 Å². The van der Waals surface area contributed by atoms with Gasteiger partial charge in [0.25, 0.3) is 0 Å². The number of phenols is 3. The lowest BCUT2D eigenvalue weighted by Crippen LogP contribution is -2.07. The van der Waals surface area contributed by atoms with Gasteiger partial charge in [0.05, 0.1) is 6.61 Å². The zero-order chi connectivity index (χ0) is 36.4. The smallest absolute Gasteiger partial charge is 0.130 e. The van der Waals surface area contributed by atoms with E-state index >= 15 is 0 Å². The summed E-state index contributed by atoms with van der Waals surface area (Å²) in [4.78, 5) is 2.10. The summed E-state index contributed by atoms with van der Waals surface area (Å²) in [5.41, 5.74) is 7.71. The number of benzene rings is 6. The van der Waals surface area contributed by atoms with Crippen LogP contribution in [0.2, 0.25) is 0 Å². The predicted octanol–water partition coefficient (Wildman–Crippen LogP) is 10.4. The van der Waals surface area contributed by atoms with E-state index in [9.17, 15) is 14.6 Å². The quantitative estimate of drug-likeness (QED) is 0.120. The zero-order valence-electron chi connectivity index (χ0n) is 28.6. The summed E-state index contributed by atoms with van der Waals surface area (Å²) in [5, 5.41) is 36.6. The molecule has 6 aromatic carbocycles. The number of anilines is 1. The first-order valence-electron chi connectivity index (χ1n) is 16.3. The van der Waals surface area contributed by atoms with E-state index in [4.69, 9.17) is 10.2 Å². The Labute approximate surface area is 299 Å². The molecule has 0 saturated carbocycles. The van der Waals surface area contributed by atoms with Crippen LogP contribution in [0.3, 0.4) is 0 Å². The molecule has 0 radical (unpaired) electrons. The molecular formula is C45H42FNO4. The molecule has 6 rings (SSSR count). The number of phenolic OH excluding ortho intramolecular Hbond substituents is 3. The van der Waals surface area contributed by atoms with Gasteiger partial charge >= 0.3 is 0 Å². The Morgan fingerprint density at radius 1 is 0.471 bits per heavy atom. The molecule has 0 aromatic heterocycles. The van der Waals surface area contributed by atoms with Crippen molar-refractivity contribution in [1.82, 2.24) is 0 Å². The lowest BCUT2D eigenvalue weighted by Gasteiger charge is -2.11.